The maximum atomic E-state index is 12.5. The third-order valence-corrected chi connectivity index (χ3v) is 3.52. The van der Waals surface area contributed by atoms with Crippen molar-refractivity contribution < 1.29 is 14.3 Å². The van der Waals surface area contributed by atoms with E-state index >= 15 is 0 Å². The molecule has 0 unspecified atom stereocenters. The first kappa shape index (κ1) is 15.8. The molecular formula is C18H19NO3. The Morgan fingerprint density at radius 2 is 1.68 bits per heavy atom. The van der Waals surface area contributed by atoms with E-state index in [0.717, 1.165) is 5.56 Å². The molecule has 2 rings (SSSR count). The second-order valence-corrected chi connectivity index (χ2v) is 4.90. The number of methoxy groups -OCH3 is 1. The van der Waals surface area contributed by atoms with Crippen LogP contribution < -0.4 is 5.32 Å². The molecule has 22 heavy (non-hydrogen) atoms. The molecule has 0 aliphatic rings. The van der Waals surface area contributed by atoms with Crippen LogP contribution in [0, 0.1) is 0 Å². The van der Waals surface area contributed by atoms with Crippen LogP contribution in [0.25, 0.3) is 0 Å². The number of anilines is 1. The van der Waals surface area contributed by atoms with E-state index in [4.69, 9.17) is 4.74 Å². The summed E-state index contributed by atoms with van der Waals surface area (Å²) in [6.45, 7) is 1.96. The molecule has 0 radical (unpaired) electrons. The Hall–Kier alpha value is -2.62. The summed E-state index contributed by atoms with van der Waals surface area (Å²) < 4.78 is 4.74. The van der Waals surface area contributed by atoms with Crippen LogP contribution in [-0.4, -0.2) is 19.0 Å². The van der Waals surface area contributed by atoms with Crippen LogP contribution in [-0.2, 0) is 9.53 Å². The predicted molar refractivity (Wildman–Crippen MR) is 85.9 cm³/mol. The van der Waals surface area contributed by atoms with Crippen molar-refractivity contribution in [3.63, 3.8) is 0 Å². The maximum absolute atomic E-state index is 12.5. The first-order valence-corrected chi connectivity index (χ1v) is 7.20. The van der Waals surface area contributed by atoms with Crippen molar-refractivity contribution >= 4 is 17.6 Å². The topological polar surface area (TPSA) is 55.4 Å². The SMILES string of the molecule is CC[C@@H](C(=O)Nc1ccccc1C(=O)OC)c1ccccc1. The summed E-state index contributed by atoms with van der Waals surface area (Å²) in [6.07, 6.45) is 0.677. The lowest BCUT2D eigenvalue weighted by atomic mass is 9.95. The fourth-order valence-corrected chi connectivity index (χ4v) is 2.36. The third-order valence-electron chi connectivity index (χ3n) is 3.52. The normalized spacial score (nSPS) is 11.5. The van der Waals surface area contributed by atoms with Gasteiger partial charge in [-0.05, 0) is 24.1 Å². The highest BCUT2D eigenvalue weighted by Crippen LogP contribution is 2.23. The highest BCUT2D eigenvalue weighted by atomic mass is 16.5. The predicted octanol–water partition coefficient (Wildman–Crippen LogP) is 3.61. The molecular weight excluding hydrogens is 278 g/mol. The fourth-order valence-electron chi connectivity index (χ4n) is 2.36. The number of para-hydroxylation sites is 1. The number of carbonyl (C=O) groups is 2. The van der Waals surface area contributed by atoms with E-state index in [1.807, 2.05) is 37.3 Å². The lowest BCUT2D eigenvalue weighted by Gasteiger charge is -2.16. The molecule has 0 aliphatic carbocycles. The molecule has 0 saturated carbocycles. The van der Waals surface area contributed by atoms with Gasteiger partial charge in [-0.1, -0.05) is 49.4 Å². The van der Waals surface area contributed by atoms with Crippen molar-refractivity contribution in [3.05, 3.63) is 65.7 Å². The van der Waals surface area contributed by atoms with Crippen molar-refractivity contribution in [2.24, 2.45) is 0 Å². The van der Waals surface area contributed by atoms with E-state index in [1.54, 1.807) is 24.3 Å². The van der Waals surface area contributed by atoms with Crippen molar-refractivity contribution in [1.82, 2.24) is 0 Å². The van der Waals surface area contributed by atoms with Gasteiger partial charge in [0.2, 0.25) is 5.91 Å². The molecule has 2 aromatic carbocycles. The molecule has 1 N–H and O–H groups in total. The number of hydrogen-bond donors (Lipinski definition) is 1. The van der Waals surface area contributed by atoms with E-state index in [9.17, 15) is 9.59 Å². The highest BCUT2D eigenvalue weighted by molar-refractivity contribution is 6.03. The van der Waals surface area contributed by atoms with Crippen LogP contribution in [0.15, 0.2) is 54.6 Å². The second-order valence-electron chi connectivity index (χ2n) is 4.90. The summed E-state index contributed by atoms with van der Waals surface area (Å²) in [7, 11) is 1.32. The van der Waals surface area contributed by atoms with Gasteiger partial charge in [-0.3, -0.25) is 4.79 Å². The standard InChI is InChI=1S/C18H19NO3/c1-3-14(13-9-5-4-6-10-13)17(20)19-16-12-8-7-11-15(16)18(21)22-2/h4-12,14H,3H2,1-2H3,(H,19,20)/t14-/m1/s1. The fraction of sp³-hybridized carbons (Fsp3) is 0.222. The monoisotopic (exact) mass is 297 g/mol. The number of ether oxygens (including phenoxy) is 1. The Morgan fingerprint density at radius 3 is 2.32 bits per heavy atom. The smallest absolute Gasteiger partial charge is 0.339 e. The molecule has 1 atom stereocenters. The second kappa shape index (κ2) is 7.41. The van der Waals surface area contributed by atoms with Crippen LogP contribution in [0.1, 0.15) is 35.2 Å². The minimum Gasteiger partial charge on any atom is -0.465 e. The summed E-state index contributed by atoms with van der Waals surface area (Å²) >= 11 is 0. The Balaban J connectivity index is 2.23. The highest BCUT2D eigenvalue weighted by Gasteiger charge is 2.20. The van der Waals surface area contributed by atoms with Crippen LogP contribution in [0.5, 0.6) is 0 Å². The number of hydrogen-bond acceptors (Lipinski definition) is 3. The number of esters is 1. The zero-order valence-corrected chi connectivity index (χ0v) is 12.7. The molecule has 0 aliphatic heterocycles. The minimum atomic E-state index is -0.469. The van der Waals surface area contributed by atoms with Gasteiger partial charge in [-0.15, -0.1) is 0 Å². The molecule has 0 saturated heterocycles. The van der Waals surface area contributed by atoms with Crippen molar-refractivity contribution in [1.29, 1.82) is 0 Å². The summed E-state index contributed by atoms with van der Waals surface area (Å²) in [4.78, 5) is 24.3. The lowest BCUT2D eigenvalue weighted by molar-refractivity contribution is -0.117. The van der Waals surface area contributed by atoms with Gasteiger partial charge in [0.05, 0.1) is 24.3 Å². The van der Waals surface area contributed by atoms with Crippen molar-refractivity contribution in [2.75, 3.05) is 12.4 Å². The first-order valence-electron chi connectivity index (χ1n) is 7.20. The molecule has 0 heterocycles. The molecule has 4 nitrogen and oxygen atoms in total. The third kappa shape index (κ3) is 3.52. The summed E-state index contributed by atoms with van der Waals surface area (Å²) in [5, 5.41) is 2.84. The van der Waals surface area contributed by atoms with Gasteiger partial charge in [0.25, 0.3) is 0 Å². The van der Waals surface area contributed by atoms with E-state index < -0.39 is 5.97 Å². The van der Waals surface area contributed by atoms with Gasteiger partial charge in [-0.2, -0.15) is 0 Å². The van der Waals surface area contributed by atoms with E-state index in [-0.39, 0.29) is 11.8 Å². The molecule has 2 aromatic rings. The van der Waals surface area contributed by atoms with E-state index in [0.29, 0.717) is 17.7 Å². The maximum Gasteiger partial charge on any atom is 0.339 e. The number of amides is 1. The van der Waals surface area contributed by atoms with Gasteiger partial charge in [0.15, 0.2) is 0 Å². The molecule has 0 fully saturated rings. The summed E-state index contributed by atoms with van der Waals surface area (Å²) in [6, 6.07) is 16.4. The zero-order valence-electron chi connectivity index (χ0n) is 12.7. The molecule has 4 heteroatoms. The zero-order chi connectivity index (χ0) is 15.9. The number of benzene rings is 2. The molecule has 114 valence electrons. The van der Waals surface area contributed by atoms with Crippen LogP contribution in [0.2, 0.25) is 0 Å². The average molecular weight is 297 g/mol. The van der Waals surface area contributed by atoms with E-state index in [1.165, 1.54) is 7.11 Å². The Kier molecular flexibility index (Phi) is 5.31. The van der Waals surface area contributed by atoms with Gasteiger partial charge in [0.1, 0.15) is 0 Å². The van der Waals surface area contributed by atoms with Gasteiger partial charge >= 0.3 is 5.97 Å². The Morgan fingerprint density at radius 1 is 1.05 bits per heavy atom. The number of rotatable bonds is 5. The summed E-state index contributed by atoms with van der Waals surface area (Å²) in [5.41, 5.74) is 1.77. The number of nitrogens with one attached hydrogen (secondary N) is 1. The number of carbonyl (C=O) groups excluding carboxylic acids is 2. The molecule has 0 bridgehead atoms. The quantitative estimate of drug-likeness (QED) is 0.858. The van der Waals surface area contributed by atoms with Crippen LogP contribution in [0.4, 0.5) is 5.69 Å². The van der Waals surface area contributed by atoms with Gasteiger partial charge in [0, 0.05) is 0 Å². The first-order chi connectivity index (χ1) is 10.7. The lowest BCUT2D eigenvalue weighted by Crippen LogP contribution is -2.22. The van der Waals surface area contributed by atoms with Gasteiger partial charge < -0.3 is 10.1 Å². The summed E-state index contributed by atoms with van der Waals surface area (Å²) in [5.74, 6) is -0.861. The van der Waals surface area contributed by atoms with Crippen LogP contribution >= 0.6 is 0 Å². The van der Waals surface area contributed by atoms with Crippen molar-refractivity contribution in [3.8, 4) is 0 Å². The minimum absolute atomic E-state index is 0.134. The van der Waals surface area contributed by atoms with Gasteiger partial charge in [-0.25, -0.2) is 4.79 Å². The van der Waals surface area contributed by atoms with E-state index in [2.05, 4.69) is 5.32 Å². The molecule has 0 aromatic heterocycles. The molecule has 1 amide bonds. The van der Waals surface area contributed by atoms with Crippen molar-refractivity contribution in [2.45, 2.75) is 19.3 Å². The van der Waals surface area contributed by atoms with Crippen LogP contribution in [0.3, 0.4) is 0 Å². The average Bonchev–Trinajstić information content (AvgIpc) is 2.56. The Labute approximate surface area is 130 Å². The Bertz CT molecular complexity index is 652. The largest absolute Gasteiger partial charge is 0.465 e. The molecule has 0 spiro atoms.